The third-order valence-corrected chi connectivity index (χ3v) is 2.61. The van der Waals surface area contributed by atoms with E-state index < -0.39 is 12.6 Å². The summed E-state index contributed by atoms with van der Waals surface area (Å²) in [5, 5.41) is 0. The minimum Gasteiger partial charge on any atom is -0.327 e. The molecule has 0 amide bonds. The van der Waals surface area contributed by atoms with Crippen molar-refractivity contribution >= 4 is 0 Å². The van der Waals surface area contributed by atoms with E-state index in [4.69, 9.17) is 5.73 Å². The molecule has 0 fully saturated rings. The topological polar surface area (TPSA) is 29.3 Å². The second kappa shape index (κ2) is 5.36. The Balaban J connectivity index is 4.47. The molecule has 0 aliphatic carbocycles. The van der Waals surface area contributed by atoms with Gasteiger partial charge in [-0.3, -0.25) is 0 Å². The van der Waals surface area contributed by atoms with Gasteiger partial charge in [-0.15, -0.1) is 0 Å². The highest BCUT2D eigenvalue weighted by Gasteiger charge is 2.34. The van der Waals surface area contributed by atoms with Gasteiger partial charge in [-0.05, 0) is 19.4 Å². The van der Waals surface area contributed by atoms with E-state index in [0.29, 0.717) is 0 Å². The maximum atomic E-state index is 12.1. The fraction of sp³-hybridized carbons (Fsp3) is 1.00. The molecule has 0 bridgehead atoms. The summed E-state index contributed by atoms with van der Waals surface area (Å²) < 4.78 is 36.4. The molecule has 2 atom stereocenters. The van der Waals surface area contributed by atoms with Gasteiger partial charge < -0.3 is 10.6 Å². The highest BCUT2D eigenvalue weighted by atomic mass is 19.4. The quantitative estimate of drug-likeness (QED) is 0.818. The van der Waals surface area contributed by atoms with E-state index >= 15 is 0 Å². The molecular formula is C11H23F3N2. The molecule has 2 nitrogen and oxygen atoms in total. The first-order valence-corrected chi connectivity index (χ1v) is 5.47. The summed E-state index contributed by atoms with van der Waals surface area (Å²) in [6.45, 7) is 7.80. The number of halogens is 3. The first-order valence-electron chi connectivity index (χ1n) is 5.47. The SMILES string of the molecule is CC(N)C(N(C)CCC(F)(F)F)C(C)(C)C. The highest BCUT2D eigenvalue weighted by molar-refractivity contribution is 4.88. The van der Waals surface area contributed by atoms with Crippen LogP contribution in [0.2, 0.25) is 0 Å². The van der Waals surface area contributed by atoms with Gasteiger partial charge in [-0.1, -0.05) is 20.8 Å². The minimum absolute atomic E-state index is 0.00697. The molecule has 16 heavy (non-hydrogen) atoms. The van der Waals surface area contributed by atoms with Crippen LogP contribution < -0.4 is 5.73 Å². The summed E-state index contributed by atoms with van der Waals surface area (Å²) in [7, 11) is 1.70. The lowest BCUT2D eigenvalue weighted by Gasteiger charge is -2.40. The van der Waals surface area contributed by atoms with Crippen molar-refractivity contribution in [3.63, 3.8) is 0 Å². The van der Waals surface area contributed by atoms with Crippen molar-refractivity contribution in [1.29, 1.82) is 0 Å². The zero-order valence-electron chi connectivity index (χ0n) is 10.7. The molecule has 0 aliphatic rings. The maximum Gasteiger partial charge on any atom is 0.390 e. The van der Waals surface area contributed by atoms with Gasteiger partial charge in [-0.2, -0.15) is 13.2 Å². The van der Waals surface area contributed by atoms with Crippen molar-refractivity contribution in [2.24, 2.45) is 11.1 Å². The van der Waals surface area contributed by atoms with Crippen molar-refractivity contribution in [2.45, 2.75) is 52.4 Å². The number of alkyl halides is 3. The summed E-state index contributed by atoms with van der Waals surface area (Å²) in [4.78, 5) is 1.71. The number of hydrogen-bond donors (Lipinski definition) is 1. The standard InChI is InChI=1S/C11H23F3N2/c1-8(15)9(10(2,3)4)16(5)7-6-11(12,13)14/h8-9H,6-7,15H2,1-5H3. The molecule has 2 N–H and O–H groups in total. The molecule has 0 radical (unpaired) electrons. The zero-order valence-corrected chi connectivity index (χ0v) is 10.7. The molecule has 98 valence electrons. The fourth-order valence-electron chi connectivity index (χ4n) is 2.29. The predicted octanol–water partition coefficient (Wildman–Crippen LogP) is 2.63. The Kier molecular flexibility index (Phi) is 5.26. The molecule has 0 aliphatic heterocycles. The summed E-state index contributed by atoms with van der Waals surface area (Å²) >= 11 is 0. The van der Waals surface area contributed by atoms with Gasteiger partial charge in [0.2, 0.25) is 0 Å². The number of likely N-dealkylation sites (N-methyl/N-ethyl adjacent to an activating group) is 1. The van der Waals surface area contributed by atoms with Gasteiger partial charge in [0.25, 0.3) is 0 Å². The Hall–Kier alpha value is -0.290. The Morgan fingerprint density at radius 2 is 1.62 bits per heavy atom. The second-order valence-corrected chi connectivity index (χ2v) is 5.52. The van der Waals surface area contributed by atoms with Gasteiger partial charge >= 0.3 is 6.18 Å². The molecule has 0 aromatic heterocycles. The Morgan fingerprint density at radius 3 is 1.88 bits per heavy atom. The summed E-state index contributed by atoms with van der Waals surface area (Å²) in [6.07, 6.45) is -4.89. The van der Waals surface area contributed by atoms with E-state index in [1.54, 1.807) is 11.9 Å². The molecule has 0 rings (SSSR count). The van der Waals surface area contributed by atoms with Crippen LogP contribution in [-0.2, 0) is 0 Å². The lowest BCUT2D eigenvalue weighted by Crippen LogP contribution is -2.52. The van der Waals surface area contributed by atoms with Crippen LogP contribution in [0.25, 0.3) is 0 Å². The predicted molar refractivity (Wildman–Crippen MR) is 60.2 cm³/mol. The van der Waals surface area contributed by atoms with Gasteiger partial charge in [0.05, 0.1) is 6.42 Å². The van der Waals surface area contributed by atoms with Crippen molar-refractivity contribution in [1.82, 2.24) is 4.90 Å². The Labute approximate surface area is 96.0 Å². The average molecular weight is 240 g/mol. The lowest BCUT2D eigenvalue weighted by molar-refractivity contribution is -0.139. The minimum atomic E-state index is -4.10. The molecule has 0 aromatic rings. The number of hydrogen-bond acceptors (Lipinski definition) is 2. The second-order valence-electron chi connectivity index (χ2n) is 5.52. The molecular weight excluding hydrogens is 217 g/mol. The molecule has 5 heteroatoms. The third-order valence-electron chi connectivity index (χ3n) is 2.61. The molecule has 2 unspecified atom stereocenters. The van der Waals surface area contributed by atoms with E-state index in [1.165, 1.54) is 0 Å². The van der Waals surface area contributed by atoms with Crippen LogP contribution in [0.3, 0.4) is 0 Å². The third kappa shape index (κ3) is 5.70. The van der Waals surface area contributed by atoms with Gasteiger partial charge in [-0.25, -0.2) is 0 Å². The van der Waals surface area contributed by atoms with Gasteiger partial charge in [0.1, 0.15) is 0 Å². The van der Waals surface area contributed by atoms with E-state index in [2.05, 4.69) is 0 Å². The maximum absolute atomic E-state index is 12.1. The monoisotopic (exact) mass is 240 g/mol. The van der Waals surface area contributed by atoms with E-state index in [0.717, 1.165) is 0 Å². The summed E-state index contributed by atoms with van der Waals surface area (Å²) in [6, 6.07) is -0.215. The molecule has 0 aromatic carbocycles. The molecule has 0 spiro atoms. The molecule has 0 saturated heterocycles. The van der Waals surface area contributed by atoms with Crippen molar-refractivity contribution in [3.05, 3.63) is 0 Å². The van der Waals surface area contributed by atoms with Crippen LogP contribution >= 0.6 is 0 Å². The molecule has 0 saturated carbocycles. The smallest absolute Gasteiger partial charge is 0.327 e. The van der Waals surface area contributed by atoms with Crippen LogP contribution in [0, 0.1) is 5.41 Å². The van der Waals surface area contributed by atoms with E-state index in [1.807, 2.05) is 27.7 Å². The number of rotatable bonds is 4. The summed E-state index contributed by atoms with van der Waals surface area (Å²) in [5.41, 5.74) is 5.71. The fourth-order valence-corrected chi connectivity index (χ4v) is 2.29. The largest absolute Gasteiger partial charge is 0.390 e. The van der Waals surface area contributed by atoms with Crippen LogP contribution in [-0.4, -0.2) is 36.8 Å². The Bertz CT molecular complexity index is 206. The molecule has 0 heterocycles. The van der Waals surface area contributed by atoms with E-state index in [-0.39, 0.29) is 24.0 Å². The van der Waals surface area contributed by atoms with Gasteiger partial charge in [0.15, 0.2) is 0 Å². The number of nitrogens with zero attached hydrogens (tertiary/aromatic N) is 1. The Morgan fingerprint density at radius 1 is 1.19 bits per heavy atom. The van der Waals surface area contributed by atoms with Crippen LogP contribution in [0.1, 0.15) is 34.1 Å². The van der Waals surface area contributed by atoms with Gasteiger partial charge in [0, 0.05) is 18.6 Å². The zero-order chi connectivity index (χ0) is 13.1. The van der Waals surface area contributed by atoms with Crippen LogP contribution in [0.15, 0.2) is 0 Å². The normalized spacial score (nSPS) is 17.6. The lowest BCUT2D eigenvalue weighted by atomic mass is 9.82. The van der Waals surface area contributed by atoms with Crippen molar-refractivity contribution in [2.75, 3.05) is 13.6 Å². The van der Waals surface area contributed by atoms with Crippen molar-refractivity contribution < 1.29 is 13.2 Å². The first kappa shape index (κ1) is 15.7. The van der Waals surface area contributed by atoms with E-state index in [9.17, 15) is 13.2 Å². The van der Waals surface area contributed by atoms with Crippen LogP contribution in [0.4, 0.5) is 13.2 Å². The summed E-state index contributed by atoms with van der Waals surface area (Å²) in [5.74, 6) is 0. The number of nitrogens with two attached hydrogens (primary N) is 1. The first-order chi connectivity index (χ1) is 6.95. The van der Waals surface area contributed by atoms with Crippen molar-refractivity contribution in [3.8, 4) is 0 Å². The highest BCUT2D eigenvalue weighted by Crippen LogP contribution is 2.27. The average Bonchev–Trinajstić information content (AvgIpc) is 1.95. The van der Waals surface area contributed by atoms with Crippen LogP contribution in [0.5, 0.6) is 0 Å².